The second-order valence-electron chi connectivity index (χ2n) is 6.41. The van der Waals surface area contributed by atoms with E-state index >= 15 is 0 Å². The number of piperazine rings is 1. The topological polar surface area (TPSA) is 65.2 Å². The molecule has 3 aromatic rings. The number of hydrogen-bond donors (Lipinski definition) is 2. The van der Waals surface area contributed by atoms with Gasteiger partial charge in [0.1, 0.15) is 0 Å². The Morgan fingerprint density at radius 1 is 1.00 bits per heavy atom. The highest BCUT2D eigenvalue weighted by molar-refractivity contribution is 7.91. The summed E-state index contributed by atoms with van der Waals surface area (Å²) >= 11 is 0. The molecule has 0 spiro atoms. The van der Waals surface area contributed by atoms with Crippen molar-refractivity contribution in [1.82, 2.24) is 10.3 Å². The van der Waals surface area contributed by atoms with Gasteiger partial charge in [0.15, 0.2) is 0 Å². The van der Waals surface area contributed by atoms with E-state index in [4.69, 9.17) is 0 Å². The van der Waals surface area contributed by atoms with Crippen molar-refractivity contribution in [2.75, 3.05) is 31.1 Å². The summed E-state index contributed by atoms with van der Waals surface area (Å²) in [5.41, 5.74) is 2.98. The van der Waals surface area contributed by atoms with E-state index in [1.165, 1.54) is 0 Å². The van der Waals surface area contributed by atoms with Gasteiger partial charge < -0.3 is 15.2 Å². The first-order valence-corrected chi connectivity index (χ1v) is 9.93. The Kier molecular flexibility index (Phi) is 4.01. The van der Waals surface area contributed by atoms with Gasteiger partial charge in [-0.1, -0.05) is 29.8 Å². The molecule has 4 rings (SSSR count). The van der Waals surface area contributed by atoms with E-state index in [1.54, 1.807) is 18.3 Å². The molecule has 1 saturated heterocycles. The zero-order valence-electron chi connectivity index (χ0n) is 14.1. The Morgan fingerprint density at radius 3 is 2.44 bits per heavy atom. The van der Waals surface area contributed by atoms with Crippen molar-refractivity contribution in [1.29, 1.82) is 0 Å². The zero-order chi connectivity index (χ0) is 17.4. The number of fused-ring (bicyclic) bond motifs is 1. The molecule has 1 aliphatic rings. The Bertz CT molecular complexity index is 1000. The number of aryl methyl sites for hydroxylation is 1. The number of para-hydroxylation sites is 1. The fourth-order valence-electron chi connectivity index (χ4n) is 3.35. The molecule has 0 atom stereocenters. The zero-order valence-corrected chi connectivity index (χ0v) is 14.9. The van der Waals surface area contributed by atoms with Gasteiger partial charge >= 0.3 is 0 Å². The lowest BCUT2D eigenvalue weighted by Gasteiger charge is -2.29. The molecule has 0 aliphatic carbocycles. The number of nitrogens with zero attached hydrogens (tertiary/aromatic N) is 1. The molecule has 1 aromatic heterocycles. The summed E-state index contributed by atoms with van der Waals surface area (Å²) in [6.07, 6.45) is 1.62. The minimum atomic E-state index is -3.55. The van der Waals surface area contributed by atoms with Crippen LogP contribution >= 0.6 is 0 Å². The van der Waals surface area contributed by atoms with Crippen LogP contribution < -0.4 is 10.2 Å². The minimum Gasteiger partial charge on any atom is -0.367 e. The molecular formula is C19H21N3O2S. The molecule has 25 heavy (non-hydrogen) atoms. The van der Waals surface area contributed by atoms with Gasteiger partial charge in [0.25, 0.3) is 0 Å². The minimum absolute atomic E-state index is 0.326. The molecule has 1 aliphatic heterocycles. The maximum absolute atomic E-state index is 13.1. The van der Waals surface area contributed by atoms with Gasteiger partial charge in [0.05, 0.1) is 21.0 Å². The maximum Gasteiger partial charge on any atom is 0.208 e. The first kappa shape index (κ1) is 16.2. The standard InChI is InChI=1S/C19H21N3O2S/c1-14-5-7-15(8-6-14)25(23,24)18-13-21-19-16(18)3-2-4-17(19)22-11-9-20-10-12-22/h2-8,13,20-21H,9-12H2,1H3. The second kappa shape index (κ2) is 6.20. The molecule has 0 amide bonds. The summed E-state index contributed by atoms with van der Waals surface area (Å²) in [5.74, 6) is 0. The van der Waals surface area contributed by atoms with Gasteiger partial charge in [-0.2, -0.15) is 0 Å². The number of benzene rings is 2. The quantitative estimate of drug-likeness (QED) is 0.758. The number of H-pyrrole nitrogens is 1. The Morgan fingerprint density at radius 2 is 1.72 bits per heavy atom. The first-order chi connectivity index (χ1) is 12.1. The third kappa shape index (κ3) is 2.81. The van der Waals surface area contributed by atoms with Gasteiger partial charge in [-0.25, -0.2) is 8.42 Å². The third-order valence-electron chi connectivity index (χ3n) is 4.73. The molecule has 130 valence electrons. The van der Waals surface area contributed by atoms with Crippen LogP contribution in [0.5, 0.6) is 0 Å². The SMILES string of the molecule is Cc1ccc(S(=O)(=O)c2c[nH]c3c(N4CCNCC4)cccc23)cc1. The summed E-state index contributed by atoms with van der Waals surface area (Å²) in [5, 5.41) is 4.09. The lowest BCUT2D eigenvalue weighted by Crippen LogP contribution is -2.43. The number of aromatic nitrogens is 1. The van der Waals surface area contributed by atoms with E-state index in [-0.39, 0.29) is 0 Å². The normalized spacial score (nSPS) is 15.6. The number of sulfone groups is 1. The fraction of sp³-hybridized carbons (Fsp3) is 0.263. The van der Waals surface area contributed by atoms with Crippen LogP contribution in [-0.4, -0.2) is 39.6 Å². The van der Waals surface area contributed by atoms with Crippen molar-refractivity contribution in [3.63, 3.8) is 0 Å². The predicted molar refractivity (Wildman–Crippen MR) is 100 cm³/mol. The van der Waals surface area contributed by atoms with Gasteiger partial charge in [-0.3, -0.25) is 0 Å². The number of anilines is 1. The first-order valence-electron chi connectivity index (χ1n) is 8.45. The Balaban J connectivity index is 1.82. The summed E-state index contributed by atoms with van der Waals surface area (Å²) in [4.78, 5) is 6.15. The van der Waals surface area contributed by atoms with Crippen LogP contribution in [0.2, 0.25) is 0 Å². The fourth-order valence-corrected chi connectivity index (χ4v) is 4.77. The number of aromatic amines is 1. The van der Waals surface area contributed by atoms with Crippen molar-refractivity contribution in [3.8, 4) is 0 Å². The summed E-state index contributed by atoms with van der Waals surface area (Å²) in [7, 11) is -3.55. The van der Waals surface area contributed by atoms with Crippen LogP contribution in [0, 0.1) is 6.92 Å². The van der Waals surface area contributed by atoms with E-state index in [1.807, 2.05) is 37.3 Å². The van der Waals surface area contributed by atoms with Crippen LogP contribution in [-0.2, 0) is 9.84 Å². The van der Waals surface area contributed by atoms with Crippen LogP contribution in [0.15, 0.2) is 58.5 Å². The van der Waals surface area contributed by atoms with E-state index in [0.717, 1.165) is 48.3 Å². The number of rotatable bonds is 3. The van der Waals surface area contributed by atoms with Crippen LogP contribution in [0.3, 0.4) is 0 Å². The van der Waals surface area contributed by atoms with Gasteiger partial charge in [0, 0.05) is 37.8 Å². The number of nitrogens with one attached hydrogen (secondary N) is 2. The largest absolute Gasteiger partial charge is 0.367 e. The van der Waals surface area contributed by atoms with Crippen molar-refractivity contribution in [3.05, 3.63) is 54.2 Å². The third-order valence-corrected chi connectivity index (χ3v) is 6.54. The molecule has 0 unspecified atom stereocenters. The highest BCUT2D eigenvalue weighted by atomic mass is 32.2. The molecule has 2 N–H and O–H groups in total. The average molecular weight is 355 g/mol. The highest BCUT2D eigenvalue weighted by Gasteiger charge is 2.23. The van der Waals surface area contributed by atoms with E-state index < -0.39 is 9.84 Å². The lowest BCUT2D eigenvalue weighted by molar-refractivity contribution is 0.590. The lowest BCUT2D eigenvalue weighted by atomic mass is 10.2. The second-order valence-corrected chi connectivity index (χ2v) is 8.32. The molecule has 5 nitrogen and oxygen atoms in total. The van der Waals surface area contributed by atoms with Gasteiger partial charge in [-0.15, -0.1) is 0 Å². The average Bonchev–Trinajstić information content (AvgIpc) is 3.08. The van der Waals surface area contributed by atoms with Crippen molar-refractivity contribution >= 4 is 26.4 Å². The number of hydrogen-bond acceptors (Lipinski definition) is 4. The monoisotopic (exact) mass is 355 g/mol. The molecule has 0 radical (unpaired) electrons. The molecule has 6 heteroatoms. The summed E-state index contributed by atoms with van der Waals surface area (Å²) < 4.78 is 26.1. The van der Waals surface area contributed by atoms with Crippen LogP contribution in [0.25, 0.3) is 10.9 Å². The molecular weight excluding hydrogens is 334 g/mol. The molecule has 2 heterocycles. The maximum atomic E-state index is 13.1. The molecule has 0 bridgehead atoms. The Labute approximate surface area is 147 Å². The highest BCUT2D eigenvalue weighted by Crippen LogP contribution is 2.33. The summed E-state index contributed by atoms with van der Waals surface area (Å²) in [6, 6.07) is 12.8. The van der Waals surface area contributed by atoms with Gasteiger partial charge in [0.2, 0.25) is 9.84 Å². The van der Waals surface area contributed by atoms with Crippen molar-refractivity contribution < 1.29 is 8.42 Å². The molecule has 0 saturated carbocycles. The van der Waals surface area contributed by atoms with E-state index in [2.05, 4.69) is 15.2 Å². The van der Waals surface area contributed by atoms with Crippen LogP contribution in [0.1, 0.15) is 5.56 Å². The Hall–Kier alpha value is -2.31. The van der Waals surface area contributed by atoms with Crippen LogP contribution in [0.4, 0.5) is 5.69 Å². The van der Waals surface area contributed by atoms with Gasteiger partial charge in [-0.05, 0) is 25.1 Å². The predicted octanol–water partition coefficient (Wildman–Crippen LogP) is 2.72. The van der Waals surface area contributed by atoms with Crippen molar-refractivity contribution in [2.24, 2.45) is 0 Å². The van der Waals surface area contributed by atoms with Crippen molar-refractivity contribution in [2.45, 2.75) is 16.7 Å². The molecule has 2 aromatic carbocycles. The molecule has 1 fully saturated rings. The van der Waals surface area contributed by atoms with E-state index in [0.29, 0.717) is 9.79 Å². The smallest absolute Gasteiger partial charge is 0.208 e. The summed E-state index contributed by atoms with van der Waals surface area (Å²) in [6.45, 7) is 5.65. The van der Waals surface area contributed by atoms with E-state index in [9.17, 15) is 8.42 Å².